The number of carbonyl (C=O) groups is 1. The van der Waals surface area contributed by atoms with Crippen molar-refractivity contribution in [3.8, 4) is 5.75 Å². The van der Waals surface area contributed by atoms with Crippen LogP contribution in [0.3, 0.4) is 0 Å². The molecule has 1 amide bonds. The molecule has 1 aromatic rings. The van der Waals surface area contributed by atoms with Gasteiger partial charge in [0.2, 0.25) is 5.91 Å². The van der Waals surface area contributed by atoms with E-state index in [2.05, 4.69) is 5.32 Å². The van der Waals surface area contributed by atoms with Crippen LogP contribution in [0.15, 0.2) is 24.3 Å². The molecule has 3 nitrogen and oxygen atoms in total. The Kier molecular flexibility index (Phi) is 4.82. The summed E-state index contributed by atoms with van der Waals surface area (Å²) in [6.07, 6.45) is 0.331. The normalized spacial score (nSPS) is 11.1. The minimum Gasteiger partial charge on any atom is -0.497 e. The second kappa shape index (κ2) is 5.92. The molecular formula is C13H18ClNO2. The fourth-order valence-corrected chi connectivity index (χ4v) is 1.49. The van der Waals surface area contributed by atoms with Crippen LogP contribution >= 0.6 is 11.6 Å². The topological polar surface area (TPSA) is 38.3 Å². The van der Waals surface area contributed by atoms with Crippen molar-refractivity contribution in [3.05, 3.63) is 29.8 Å². The van der Waals surface area contributed by atoms with Gasteiger partial charge < -0.3 is 10.1 Å². The molecule has 0 aliphatic heterocycles. The van der Waals surface area contributed by atoms with Gasteiger partial charge in [-0.2, -0.15) is 0 Å². The van der Waals surface area contributed by atoms with Crippen molar-refractivity contribution in [3.63, 3.8) is 0 Å². The van der Waals surface area contributed by atoms with Crippen LogP contribution in [0.2, 0.25) is 0 Å². The summed E-state index contributed by atoms with van der Waals surface area (Å²) in [6.45, 7) is 3.78. The summed E-state index contributed by atoms with van der Waals surface area (Å²) in [7, 11) is 1.61. The minimum atomic E-state index is -0.377. The largest absolute Gasteiger partial charge is 0.497 e. The highest BCUT2D eigenvalue weighted by Gasteiger charge is 2.18. The van der Waals surface area contributed by atoms with Gasteiger partial charge in [0.15, 0.2) is 0 Å². The zero-order valence-electron chi connectivity index (χ0n) is 10.4. The highest BCUT2D eigenvalue weighted by atomic mass is 35.5. The van der Waals surface area contributed by atoms with Crippen molar-refractivity contribution >= 4 is 17.5 Å². The minimum absolute atomic E-state index is 0.0381. The zero-order chi connectivity index (χ0) is 12.9. The van der Waals surface area contributed by atoms with Crippen LogP contribution < -0.4 is 10.1 Å². The number of carbonyl (C=O) groups excluding carboxylic acids is 1. The van der Waals surface area contributed by atoms with Crippen LogP contribution in [0.1, 0.15) is 19.4 Å². The highest BCUT2D eigenvalue weighted by molar-refractivity contribution is 6.18. The predicted octanol–water partition coefficient (Wildman–Crippen LogP) is 2.37. The molecule has 0 saturated heterocycles. The first-order chi connectivity index (χ1) is 7.96. The molecule has 4 heteroatoms. The molecule has 0 aliphatic rings. The maximum Gasteiger partial charge on any atom is 0.224 e. The van der Waals surface area contributed by atoms with Gasteiger partial charge in [0.1, 0.15) is 5.75 Å². The Hall–Kier alpha value is -1.22. The molecule has 0 atom stereocenters. The Morgan fingerprint density at radius 1 is 1.47 bits per heavy atom. The highest BCUT2D eigenvalue weighted by Crippen LogP contribution is 2.13. The molecule has 0 radical (unpaired) electrons. The molecule has 1 N–H and O–H groups in total. The molecule has 0 spiro atoms. The van der Waals surface area contributed by atoms with Crippen molar-refractivity contribution in [2.75, 3.05) is 13.0 Å². The number of hydrogen-bond donors (Lipinski definition) is 1. The van der Waals surface area contributed by atoms with Crippen LogP contribution in [-0.4, -0.2) is 24.4 Å². The van der Waals surface area contributed by atoms with Crippen molar-refractivity contribution in [1.29, 1.82) is 0 Å². The van der Waals surface area contributed by atoms with E-state index in [0.717, 1.165) is 11.3 Å². The van der Waals surface area contributed by atoms with Gasteiger partial charge in [-0.05, 0) is 31.5 Å². The van der Waals surface area contributed by atoms with E-state index in [0.29, 0.717) is 12.3 Å². The van der Waals surface area contributed by atoms with Crippen molar-refractivity contribution < 1.29 is 9.53 Å². The quantitative estimate of drug-likeness (QED) is 0.821. The smallest absolute Gasteiger partial charge is 0.224 e. The van der Waals surface area contributed by atoms with Gasteiger partial charge in [0.25, 0.3) is 0 Å². The average molecular weight is 256 g/mol. The van der Waals surface area contributed by atoms with Gasteiger partial charge in [-0.1, -0.05) is 12.1 Å². The summed E-state index contributed by atoms with van der Waals surface area (Å²) in [5, 5.41) is 2.88. The fourth-order valence-electron chi connectivity index (χ4n) is 1.42. The Balaban J connectivity index is 2.62. The monoisotopic (exact) mass is 255 g/mol. The third-order valence-electron chi connectivity index (χ3n) is 2.31. The van der Waals surface area contributed by atoms with E-state index in [4.69, 9.17) is 16.3 Å². The number of nitrogens with one attached hydrogen (secondary N) is 1. The van der Waals surface area contributed by atoms with E-state index in [1.54, 1.807) is 7.11 Å². The number of alkyl halides is 1. The van der Waals surface area contributed by atoms with Gasteiger partial charge in [0.05, 0.1) is 13.5 Å². The number of halogens is 1. The maximum atomic E-state index is 11.8. The molecule has 0 aromatic heterocycles. The standard InChI is InChI=1S/C13H18ClNO2/c1-13(2,9-14)15-12(16)8-10-5-4-6-11(7-10)17-3/h4-7H,8-9H2,1-3H3,(H,15,16). The first-order valence-electron chi connectivity index (χ1n) is 5.47. The Morgan fingerprint density at radius 3 is 2.76 bits per heavy atom. The van der Waals surface area contributed by atoms with E-state index < -0.39 is 0 Å². The van der Waals surface area contributed by atoms with Crippen molar-refractivity contribution in [2.24, 2.45) is 0 Å². The summed E-state index contributed by atoms with van der Waals surface area (Å²) in [6, 6.07) is 7.47. The third kappa shape index (κ3) is 4.65. The molecule has 1 aromatic carbocycles. The lowest BCUT2D eigenvalue weighted by Crippen LogP contribution is -2.45. The maximum absolute atomic E-state index is 11.8. The van der Waals surface area contributed by atoms with Crippen LogP contribution in [0.4, 0.5) is 0 Å². The van der Waals surface area contributed by atoms with Gasteiger partial charge in [-0.25, -0.2) is 0 Å². The molecule has 0 saturated carbocycles. The van der Waals surface area contributed by atoms with Gasteiger partial charge in [0, 0.05) is 11.4 Å². The summed E-state index contributed by atoms with van der Waals surface area (Å²) in [5.74, 6) is 1.10. The number of ether oxygens (including phenoxy) is 1. The Labute approximate surface area is 107 Å². The molecule has 0 heterocycles. The molecular weight excluding hydrogens is 238 g/mol. The van der Waals surface area contributed by atoms with Crippen LogP contribution in [0.25, 0.3) is 0 Å². The summed E-state index contributed by atoms with van der Waals surface area (Å²) >= 11 is 5.75. The van der Waals surface area contributed by atoms with Gasteiger partial charge >= 0.3 is 0 Å². The molecule has 0 fully saturated rings. The number of hydrogen-bond acceptors (Lipinski definition) is 2. The first kappa shape index (κ1) is 13.8. The first-order valence-corrected chi connectivity index (χ1v) is 6.00. The molecule has 0 unspecified atom stereocenters. The van der Waals surface area contributed by atoms with E-state index in [1.807, 2.05) is 38.1 Å². The second-order valence-corrected chi connectivity index (χ2v) is 4.86. The third-order valence-corrected chi connectivity index (χ3v) is 2.98. The lowest BCUT2D eigenvalue weighted by molar-refractivity contribution is -0.121. The average Bonchev–Trinajstić information content (AvgIpc) is 2.28. The molecule has 0 bridgehead atoms. The van der Waals surface area contributed by atoms with E-state index in [-0.39, 0.29) is 11.4 Å². The lowest BCUT2D eigenvalue weighted by Gasteiger charge is -2.23. The molecule has 94 valence electrons. The Bertz CT molecular complexity index is 391. The number of benzene rings is 1. The number of rotatable bonds is 5. The SMILES string of the molecule is COc1cccc(CC(=O)NC(C)(C)CCl)c1. The van der Waals surface area contributed by atoms with E-state index in [1.165, 1.54) is 0 Å². The van der Waals surface area contributed by atoms with Gasteiger partial charge in [-0.15, -0.1) is 11.6 Å². The Morgan fingerprint density at radius 2 is 2.18 bits per heavy atom. The summed E-state index contributed by atoms with van der Waals surface area (Å²) < 4.78 is 5.11. The number of methoxy groups -OCH3 is 1. The van der Waals surface area contributed by atoms with E-state index >= 15 is 0 Å². The number of amides is 1. The molecule has 0 aliphatic carbocycles. The van der Waals surface area contributed by atoms with Gasteiger partial charge in [-0.3, -0.25) is 4.79 Å². The second-order valence-electron chi connectivity index (χ2n) is 4.59. The van der Waals surface area contributed by atoms with Crippen LogP contribution in [0, 0.1) is 0 Å². The summed E-state index contributed by atoms with van der Waals surface area (Å²) in [4.78, 5) is 11.8. The van der Waals surface area contributed by atoms with Crippen molar-refractivity contribution in [1.82, 2.24) is 5.32 Å². The predicted molar refractivity (Wildman–Crippen MR) is 69.6 cm³/mol. The lowest BCUT2D eigenvalue weighted by atomic mass is 10.1. The van der Waals surface area contributed by atoms with Crippen LogP contribution in [0.5, 0.6) is 5.75 Å². The fraction of sp³-hybridized carbons (Fsp3) is 0.462. The molecule has 17 heavy (non-hydrogen) atoms. The van der Waals surface area contributed by atoms with Crippen LogP contribution in [-0.2, 0) is 11.2 Å². The zero-order valence-corrected chi connectivity index (χ0v) is 11.2. The molecule has 1 rings (SSSR count). The summed E-state index contributed by atoms with van der Waals surface area (Å²) in [5.41, 5.74) is 0.546. The van der Waals surface area contributed by atoms with E-state index in [9.17, 15) is 4.79 Å². The van der Waals surface area contributed by atoms with Crippen molar-refractivity contribution in [2.45, 2.75) is 25.8 Å².